The number of hydrogen-bond acceptors (Lipinski definition) is 6. The average Bonchev–Trinajstić information content (AvgIpc) is 3.38. The highest BCUT2D eigenvalue weighted by Gasteiger charge is 2.19. The summed E-state index contributed by atoms with van der Waals surface area (Å²) in [4.78, 5) is 37.9. The Balaban J connectivity index is 4.31. The fraction of sp³-hybridized carbons (Fsp3) is 0.591. The van der Waals surface area contributed by atoms with E-state index in [-0.39, 0.29) is 37.5 Å². The van der Waals surface area contributed by atoms with Crippen LogP contribution in [0.3, 0.4) is 0 Å². The van der Waals surface area contributed by atoms with Gasteiger partial charge in [-0.2, -0.15) is 0 Å². The summed E-state index contributed by atoms with van der Waals surface area (Å²) in [5.41, 5.74) is 0. The third-order valence-electron chi connectivity index (χ3n) is 11.6. The minimum atomic E-state index is -0.811. The van der Waals surface area contributed by atoms with Gasteiger partial charge in [-0.25, -0.2) is 0 Å². The van der Waals surface area contributed by atoms with Crippen molar-refractivity contribution in [1.82, 2.24) is 0 Å². The zero-order valence-corrected chi connectivity index (χ0v) is 46.1. The molecule has 0 saturated heterocycles. The molecule has 0 fully saturated rings. The van der Waals surface area contributed by atoms with Gasteiger partial charge in [0.1, 0.15) is 13.2 Å². The van der Waals surface area contributed by atoms with Gasteiger partial charge in [-0.1, -0.05) is 237 Å². The zero-order valence-electron chi connectivity index (χ0n) is 46.1. The predicted molar refractivity (Wildman–Crippen MR) is 311 cm³/mol. The maximum absolute atomic E-state index is 12.8. The molecule has 0 aliphatic heterocycles. The molecule has 0 aromatic carbocycles. The van der Waals surface area contributed by atoms with Crippen molar-refractivity contribution < 1.29 is 28.6 Å². The van der Waals surface area contributed by atoms with Gasteiger partial charge in [0.15, 0.2) is 6.10 Å². The Morgan fingerprint density at radius 3 is 0.931 bits per heavy atom. The molecule has 1 atom stereocenters. The highest BCUT2D eigenvalue weighted by Crippen LogP contribution is 2.13. The van der Waals surface area contributed by atoms with E-state index in [4.69, 9.17) is 14.2 Å². The number of ether oxygens (including phenoxy) is 3. The molecule has 72 heavy (non-hydrogen) atoms. The first kappa shape index (κ1) is 67.3. The van der Waals surface area contributed by atoms with Crippen molar-refractivity contribution in [2.75, 3.05) is 13.2 Å². The first-order chi connectivity index (χ1) is 35.5. The van der Waals surface area contributed by atoms with Gasteiger partial charge in [-0.3, -0.25) is 14.4 Å². The maximum atomic E-state index is 12.8. The minimum Gasteiger partial charge on any atom is -0.462 e. The maximum Gasteiger partial charge on any atom is 0.306 e. The minimum absolute atomic E-state index is 0.107. The zero-order chi connectivity index (χ0) is 52.2. The van der Waals surface area contributed by atoms with E-state index in [0.29, 0.717) is 19.3 Å². The van der Waals surface area contributed by atoms with Gasteiger partial charge in [0, 0.05) is 19.3 Å². The van der Waals surface area contributed by atoms with Crippen molar-refractivity contribution in [3.63, 3.8) is 0 Å². The lowest BCUT2D eigenvalue weighted by Crippen LogP contribution is -2.30. The van der Waals surface area contributed by atoms with Crippen LogP contribution >= 0.6 is 0 Å². The number of hydrogen-bond donors (Lipinski definition) is 0. The molecule has 0 heterocycles. The van der Waals surface area contributed by atoms with Gasteiger partial charge in [-0.05, 0) is 122 Å². The second kappa shape index (κ2) is 58.9. The molecule has 0 N–H and O–H groups in total. The molecule has 0 aliphatic carbocycles. The topological polar surface area (TPSA) is 78.9 Å². The van der Waals surface area contributed by atoms with E-state index in [2.05, 4.69) is 167 Å². The molecule has 6 heteroatoms. The Labute approximate surface area is 442 Å². The van der Waals surface area contributed by atoms with E-state index < -0.39 is 6.10 Å². The Bertz CT molecular complexity index is 1610. The fourth-order valence-corrected chi connectivity index (χ4v) is 7.27. The van der Waals surface area contributed by atoms with Crippen molar-refractivity contribution in [3.8, 4) is 0 Å². The number of unbranched alkanes of at least 4 members (excludes halogenated alkanes) is 15. The number of rotatable bonds is 50. The third-order valence-corrected chi connectivity index (χ3v) is 11.6. The summed E-state index contributed by atoms with van der Waals surface area (Å²) >= 11 is 0. The lowest BCUT2D eigenvalue weighted by atomic mass is 10.1. The molecule has 0 rings (SSSR count). The van der Waals surface area contributed by atoms with Gasteiger partial charge < -0.3 is 14.2 Å². The Kier molecular flexibility index (Phi) is 55.0. The Hall–Kier alpha value is -4.71. The van der Waals surface area contributed by atoms with E-state index in [1.807, 2.05) is 0 Å². The summed E-state index contributed by atoms with van der Waals surface area (Å²) in [7, 11) is 0. The molecule has 1 unspecified atom stereocenters. The molecular formula is C66H104O6. The van der Waals surface area contributed by atoms with E-state index in [0.717, 1.165) is 128 Å². The average molecular weight is 994 g/mol. The highest BCUT2D eigenvalue weighted by atomic mass is 16.6. The Morgan fingerprint density at radius 1 is 0.292 bits per heavy atom. The van der Waals surface area contributed by atoms with Crippen LogP contribution < -0.4 is 0 Å². The largest absolute Gasteiger partial charge is 0.462 e. The molecule has 0 bridgehead atoms. The smallest absolute Gasteiger partial charge is 0.306 e. The number of carbonyl (C=O) groups excluding carboxylic acids is 3. The van der Waals surface area contributed by atoms with E-state index >= 15 is 0 Å². The summed E-state index contributed by atoms with van der Waals surface area (Å²) in [6.45, 7) is 6.36. The predicted octanol–water partition coefficient (Wildman–Crippen LogP) is 19.6. The van der Waals surface area contributed by atoms with Crippen LogP contribution in [0.25, 0.3) is 0 Å². The lowest BCUT2D eigenvalue weighted by molar-refractivity contribution is -0.167. The summed E-state index contributed by atoms with van der Waals surface area (Å²) in [5, 5.41) is 0. The van der Waals surface area contributed by atoms with Crippen molar-refractivity contribution in [3.05, 3.63) is 146 Å². The van der Waals surface area contributed by atoms with Crippen molar-refractivity contribution in [2.24, 2.45) is 0 Å². The van der Waals surface area contributed by atoms with Crippen molar-refractivity contribution >= 4 is 17.9 Å². The van der Waals surface area contributed by atoms with Gasteiger partial charge in [0.2, 0.25) is 0 Å². The van der Waals surface area contributed by atoms with E-state index in [1.54, 1.807) is 0 Å². The SMILES string of the molecule is CC/C=C\C/C=C\C/C=C\C/C=C\C/C=C\C/C=C\C/C=C\C/C=C\C/C=C\CCCC(=O)OCC(COC(=O)CCCCCCCC)OC(=O)CCCCCCCC/C=C\C/C=C\C/C=C\CCCCC. The summed E-state index contributed by atoms with van der Waals surface area (Å²) in [6.07, 6.45) is 84.4. The highest BCUT2D eigenvalue weighted by molar-refractivity contribution is 5.71. The van der Waals surface area contributed by atoms with Crippen LogP contribution in [0.4, 0.5) is 0 Å². The van der Waals surface area contributed by atoms with Crippen LogP contribution in [0, 0.1) is 0 Å². The molecule has 6 nitrogen and oxygen atoms in total. The fourth-order valence-electron chi connectivity index (χ4n) is 7.27. The standard InChI is InChI=1S/C66H104O6/c1-4-7-10-13-16-18-20-22-24-26-28-29-30-31-32-33-34-35-36-37-39-40-42-44-46-48-50-53-56-59-65(68)71-62-63(61-70-64(67)58-55-52-15-12-9-6-3)72-66(69)60-57-54-51-49-47-45-43-41-38-27-25-23-21-19-17-14-11-8-5-2/h7,10,16-19,22-25,28-29,31-32,34-35,37-39,41-42,44,48,50,63H,4-6,8-9,11-15,20-21,26-27,30,33,36,40,43,45-47,49,51-62H2,1-3H3/b10-7-,18-16-,19-17-,24-22-,25-23-,29-28-,32-31-,35-34-,39-37-,41-38-,44-42-,50-48-. The molecule has 0 aliphatic rings. The molecular weight excluding hydrogens is 889 g/mol. The van der Waals surface area contributed by atoms with Crippen LogP contribution in [0.15, 0.2) is 146 Å². The van der Waals surface area contributed by atoms with Gasteiger partial charge in [-0.15, -0.1) is 0 Å². The molecule has 0 amide bonds. The van der Waals surface area contributed by atoms with E-state index in [1.165, 1.54) is 57.8 Å². The monoisotopic (exact) mass is 993 g/mol. The molecule has 0 aromatic rings. The third kappa shape index (κ3) is 56.2. The number of esters is 3. The first-order valence-electron chi connectivity index (χ1n) is 28.8. The summed E-state index contributed by atoms with van der Waals surface area (Å²) < 4.78 is 16.7. The molecule has 0 saturated carbocycles. The summed E-state index contributed by atoms with van der Waals surface area (Å²) in [5.74, 6) is -1.000. The second-order valence-electron chi connectivity index (χ2n) is 18.5. The summed E-state index contributed by atoms with van der Waals surface area (Å²) in [6, 6.07) is 0. The first-order valence-corrected chi connectivity index (χ1v) is 28.8. The lowest BCUT2D eigenvalue weighted by Gasteiger charge is -2.18. The molecule has 0 radical (unpaired) electrons. The van der Waals surface area contributed by atoms with E-state index in [9.17, 15) is 14.4 Å². The molecule has 404 valence electrons. The number of carbonyl (C=O) groups is 3. The Morgan fingerprint density at radius 2 is 0.556 bits per heavy atom. The van der Waals surface area contributed by atoms with Crippen LogP contribution in [0.1, 0.15) is 233 Å². The van der Waals surface area contributed by atoms with Crippen LogP contribution in [-0.2, 0) is 28.6 Å². The van der Waals surface area contributed by atoms with Gasteiger partial charge >= 0.3 is 17.9 Å². The molecule has 0 aromatic heterocycles. The van der Waals surface area contributed by atoms with Crippen LogP contribution in [-0.4, -0.2) is 37.2 Å². The quantitative estimate of drug-likeness (QED) is 0.0261. The molecule has 0 spiro atoms. The van der Waals surface area contributed by atoms with Crippen molar-refractivity contribution in [1.29, 1.82) is 0 Å². The normalized spacial score (nSPS) is 13.2. The second-order valence-corrected chi connectivity index (χ2v) is 18.5. The van der Waals surface area contributed by atoms with Gasteiger partial charge in [0.25, 0.3) is 0 Å². The van der Waals surface area contributed by atoms with Crippen molar-refractivity contribution in [2.45, 2.75) is 239 Å². The van der Waals surface area contributed by atoms with Crippen LogP contribution in [0.5, 0.6) is 0 Å². The van der Waals surface area contributed by atoms with Crippen LogP contribution in [0.2, 0.25) is 0 Å². The number of allylic oxidation sites excluding steroid dienone is 24. The van der Waals surface area contributed by atoms with Gasteiger partial charge in [0.05, 0.1) is 0 Å².